The van der Waals surface area contributed by atoms with Crippen LogP contribution in [0.2, 0.25) is 0 Å². The SMILES string of the molecule is C=CCn1c(SCC(=O)Nc2cccc(C(=O)N(C)C)c2)nc2ccccc21. The number of allylic oxidation sites excluding steroid dienone is 1. The quantitative estimate of drug-likeness (QED) is 0.491. The topological polar surface area (TPSA) is 67.2 Å². The van der Waals surface area contributed by atoms with Crippen molar-refractivity contribution in [1.82, 2.24) is 14.5 Å². The molecule has 3 rings (SSSR count). The number of nitrogens with zero attached hydrogens (tertiary/aromatic N) is 3. The van der Waals surface area contributed by atoms with Crippen molar-refractivity contribution in [3.63, 3.8) is 0 Å². The number of carbonyl (C=O) groups excluding carboxylic acids is 2. The lowest BCUT2D eigenvalue weighted by Gasteiger charge is -2.11. The molecule has 0 aliphatic rings. The lowest BCUT2D eigenvalue weighted by molar-refractivity contribution is -0.113. The van der Waals surface area contributed by atoms with E-state index in [1.54, 1.807) is 38.4 Å². The van der Waals surface area contributed by atoms with E-state index in [0.717, 1.165) is 16.2 Å². The van der Waals surface area contributed by atoms with Gasteiger partial charge in [-0.1, -0.05) is 36.0 Å². The van der Waals surface area contributed by atoms with Gasteiger partial charge in [-0.25, -0.2) is 4.98 Å². The molecule has 7 heteroatoms. The Kier molecular flexibility index (Phi) is 6.16. The zero-order valence-corrected chi connectivity index (χ0v) is 16.7. The summed E-state index contributed by atoms with van der Waals surface area (Å²) >= 11 is 1.37. The second-order valence-electron chi connectivity index (χ2n) is 6.40. The van der Waals surface area contributed by atoms with Crippen molar-refractivity contribution in [2.24, 2.45) is 0 Å². The molecular formula is C21H22N4O2S. The van der Waals surface area contributed by atoms with Crippen LogP contribution < -0.4 is 5.32 Å². The van der Waals surface area contributed by atoms with Gasteiger partial charge in [-0.2, -0.15) is 0 Å². The first kappa shape index (κ1) is 19.7. The molecule has 0 fully saturated rings. The highest BCUT2D eigenvalue weighted by atomic mass is 32.2. The van der Waals surface area contributed by atoms with Crippen LogP contribution in [0.4, 0.5) is 5.69 Å². The van der Waals surface area contributed by atoms with Crippen LogP contribution in [-0.2, 0) is 11.3 Å². The lowest BCUT2D eigenvalue weighted by Crippen LogP contribution is -2.22. The van der Waals surface area contributed by atoms with Crippen molar-refractivity contribution in [1.29, 1.82) is 0 Å². The number of rotatable bonds is 7. The average molecular weight is 395 g/mol. The van der Waals surface area contributed by atoms with Crippen LogP contribution >= 0.6 is 11.8 Å². The summed E-state index contributed by atoms with van der Waals surface area (Å²) in [5.41, 5.74) is 3.03. The normalized spacial score (nSPS) is 10.6. The predicted molar refractivity (Wildman–Crippen MR) is 114 cm³/mol. The highest BCUT2D eigenvalue weighted by Gasteiger charge is 2.13. The van der Waals surface area contributed by atoms with Gasteiger partial charge in [-0.15, -0.1) is 6.58 Å². The van der Waals surface area contributed by atoms with Gasteiger partial charge < -0.3 is 14.8 Å². The van der Waals surface area contributed by atoms with Crippen molar-refractivity contribution in [3.05, 3.63) is 66.7 Å². The Bertz CT molecular complexity index is 1030. The molecule has 0 unspecified atom stereocenters. The summed E-state index contributed by atoms with van der Waals surface area (Å²) in [6, 6.07) is 14.8. The number of para-hydroxylation sites is 2. The van der Waals surface area contributed by atoms with Gasteiger partial charge in [0.15, 0.2) is 5.16 Å². The number of imidazole rings is 1. The fraction of sp³-hybridized carbons (Fsp3) is 0.190. The standard InChI is InChI=1S/C21H22N4O2S/c1-4-12-25-18-11-6-5-10-17(18)23-21(25)28-14-19(26)22-16-9-7-8-15(13-16)20(27)24(2)3/h4-11,13H,1,12,14H2,2-3H3,(H,22,26). The maximum absolute atomic E-state index is 12.4. The van der Waals surface area contributed by atoms with Crippen LogP contribution in [-0.4, -0.2) is 46.1 Å². The van der Waals surface area contributed by atoms with Gasteiger partial charge in [0.25, 0.3) is 5.91 Å². The molecule has 3 aromatic rings. The molecule has 144 valence electrons. The van der Waals surface area contributed by atoms with Crippen LogP contribution in [0.25, 0.3) is 11.0 Å². The number of hydrogen-bond donors (Lipinski definition) is 1. The van der Waals surface area contributed by atoms with Gasteiger partial charge in [0.1, 0.15) is 0 Å². The van der Waals surface area contributed by atoms with Crippen LogP contribution in [0, 0.1) is 0 Å². The zero-order chi connectivity index (χ0) is 20.1. The Morgan fingerprint density at radius 3 is 2.75 bits per heavy atom. The van der Waals surface area contributed by atoms with Gasteiger partial charge in [-0.3, -0.25) is 9.59 Å². The van der Waals surface area contributed by atoms with Crippen LogP contribution in [0.3, 0.4) is 0 Å². The highest BCUT2D eigenvalue weighted by Crippen LogP contribution is 2.24. The Morgan fingerprint density at radius 1 is 1.21 bits per heavy atom. The van der Waals surface area contributed by atoms with E-state index in [0.29, 0.717) is 17.8 Å². The maximum Gasteiger partial charge on any atom is 0.253 e. The summed E-state index contributed by atoms with van der Waals surface area (Å²) in [6.45, 7) is 4.43. The smallest absolute Gasteiger partial charge is 0.253 e. The van der Waals surface area contributed by atoms with E-state index in [2.05, 4.69) is 16.9 Å². The van der Waals surface area contributed by atoms with Crippen molar-refractivity contribution < 1.29 is 9.59 Å². The summed E-state index contributed by atoms with van der Waals surface area (Å²) in [4.78, 5) is 30.6. The van der Waals surface area contributed by atoms with E-state index in [9.17, 15) is 9.59 Å². The number of nitrogens with one attached hydrogen (secondary N) is 1. The molecule has 0 saturated carbocycles. The fourth-order valence-corrected chi connectivity index (χ4v) is 3.61. The maximum atomic E-state index is 12.4. The summed E-state index contributed by atoms with van der Waals surface area (Å²) in [5.74, 6) is -0.0490. The molecule has 0 radical (unpaired) electrons. The Hall–Kier alpha value is -3.06. The van der Waals surface area contributed by atoms with Gasteiger partial charge in [0, 0.05) is 31.9 Å². The Morgan fingerprint density at radius 2 is 2.00 bits per heavy atom. The van der Waals surface area contributed by atoms with Crippen molar-refractivity contribution in [2.45, 2.75) is 11.7 Å². The first-order valence-electron chi connectivity index (χ1n) is 8.80. The third-order valence-corrected chi connectivity index (χ3v) is 5.04. The first-order valence-corrected chi connectivity index (χ1v) is 9.78. The van der Waals surface area contributed by atoms with Crippen molar-refractivity contribution in [3.8, 4) is 0 Å². The van der Waals surface area contributed by atoms with Crippen molar-refractivity contribution >= 4 is 40.3 Å². The lowest BCUT2D eigenvalue weighted by atomic mass is 10.2. The fourth-order valence-electron chi connectivity index (χ4n) is 2.78. The van der Waals surface area contributed by atoms with Gasteiger partial charge in [-0.05, 0) is 30.3 Å². The monoisotopic (exact) mass is 394 g/mol. The Labute approximate surface area is 168 Å². The molecular weight excluding hydrogens is 372 g/mol. The van der Waals surface area contributed by atoms with E-state index in [-0.39, 0.29) is 17.6 Å². The second kappa shape index (κ2) is 8.75. The Balaban J connectivity index is 1.69. The van der Waals surface area contributed by atoms with E-state index < -0.39 is 0 Å². The minimum atomic E-state index is -0.156. The molecule has 6 nitrogen and oxygen atoms in total. The van der Waals surface area contributed by atoms with E-state index >= 15 is 0 Å². The molecule has 1 aromatic heterocycles. The molecule has 28 heavy (non-hydrogen) atoms. The number of benzene rings is 2. The van der Waals surface area contributed by atoms with Gasteiger partial charge in [0.05, 0.1) is 16.8 Å². The minimum absolute atomic E-state index is 0.108. The summed E-state index contributed by atoms with van der Waals surface area (Å²) in [5, 5.41) is 3.61. The largest absolute Gasteiger partial charge is 0.345 e. The van der Waals surface area contributed by atoms with E-state index in [1.165, 1.54) is 16.7 Å². The number of thioether (sulfide) groups is 1. The number of carbonyl (C=O) groups is 2. The van der Waals surface area contributed by atoms with Crippen molar-refractivity contribution in [2.75, 3.05) is 25.2 Å². The molecule has 0 spiro atoms. The molecule has 2 aromatic carbocycles. The van der Waals surface area contributed by atoms with E-state index in [1.807, 2.05) is 34.9 Å². The summed E-state index contributed by atoms with van der Waals surface area (Å²) < 4.78 is 2.04. The molecule has 1 N–H and O–H groups in total. The van der Waals surface area contributed by atoms with Gasteiger partial charge >= 0.3 is 0 Å². The number of aromatic nitrogens is 2. The van der Waals surface area contributed by atoms with Crippen LogP contribution in [0.5, 0.6) is 0 Å². The predicted octanol–water partition coefficient (Wildman–Crippen LogP) is 3.65. The first-order chi connectivity index (χ1) is 13.5. The molecule has 0 saturated heterocycles. The second-order valence-corrected chi connectivity index (χ2v) is 7.34. The number of hydrogen-bond acceptors (Lipinski definition) is 4. The van der Waals surface area contributed by atoms with E-state index in [4.69, 9.17) is 0 Å². The van der Waals surface area contributed by atoms with Crippen LogP contribution in [0.15, 0.2) is 66.3 Å². The average Bonchev–Trinajstić information content (AvgIpc) is 3.04. The summed E-state index contributed by atoms with van der Waals surface area (Å²) in [6.07, 6.45) is 1.81. The third-order valence-electron chi connectivity index (χ3n) is 4.06. The molecule has 0 bridgehead atoms. The molecule has 0 aliphatic carbocycles. The summed E-state index contributed by atoms with van der Waals surface area (Å²) in [7, 11) is 3.39. The third kappa shape index (κ3) is 4.43. The van der Waals surface area contributed by atoms with Crippen LogP contribution in [0.1, 0.15) is 10.4 Å². The molecule has 2 amide bonds. The highest BCUT2D eigenvalue weighted by molar-refractivity contribution is 7.99. The zero-order valence-electron chi connectivity index (χ0n) is 15.9. The van der Waals surface area contributed by atoms with Gasteiger partial charge in [0.2, 0.25) is 5.91 Å². The minimum Gasteiger partial charge on any atom is -0.345 e. The number of amides is 2. The molecule has 0 aliphatic heterocycles. The number of fused-ring (bicyclic) bond motifs is 1. The molecule has 1 heterocycles. The number of anilines is 1. The molecule has 0 atom stereocenters.